The smallest absolute Gasteiger partial charge is 0.0230 e. The summed E-state index contributed by atoms with van der Waals surface area (Å²) in [6.45, 7) is 7.01. The van der Waals surface area contributed by atoms with Crippen molar-refractivity contribution in [2.24, 2.45) is 11.3 Å². The van der Waals surface area contributed by atoms with Crippen LogP contribution in [0, 0.1) is 18.3 Å². The van der Waals surface area contributed by atoms with Crippen LogP contribution in [0.15, 0.2) is 24.3 Å². The highest BCUT2D eigenvalue weighted by Gasteiger charge is 2.53. The predicted octanol–water partition coefficient (Wildman–Crippen LogP) is 2.82. The second-order valence-corrected chi connectivity index (χ2v) is 6.70. The molecule has 0 radical (unpaired) electrons. The summed E-state index contributed by atoms with van der Waals surface area (Å²) in [6.07, 6.45) is 4.26. The van der Waals surface area contributed by atoms with Gasteiger partial charge in [-0.1, -0.05) is 29.8 Å². The number of aryl methyl sites for hydroxylation is 1. The molecule has 1 aliphatic heterocycles. The fraction of sp³-hybridized carbons (Fsp3) is 0.647. The molecule has 2 fully saturated rings. The van der Waals surface area contributed by atoms with Gasteiger partial charge in [0.25, 0.3) is 0 Å². The number of hydrogen-bond donors (Lipinski definition) is 1. The molecule has 1 heterocycles. The Morgan fingerprint density at radius 2 is 2.11 bits per heavy atom. The second kappa shape index (κ2) is 5.26. The van der Waals surface area contributed by atoms with E-state index in [1.165, 1.54) is 50.0 Å². The van der Waals surface area contributed by atoms with E-state index in [9.17, 15) is 0 Å². The van der Waals surface area contributed by atoms with Crippen molar-refractivity contribution in [3.05, 3.63) is 35.4 Å². The van der Waals surface area contributed by atoms with E-state index in [4.69, 9.17) is 0 Å². The van der Waals surface area contributed by atoms with Crippen molar-refractivity contribution in [3.8, 4) is 0 Å². The standard InChI is InChI=1S/C17H26N2/c1-14-4-3-5-15(10-14)12-19(2)13-16-11-17(16)6-8-18-9-7-17/h3-5,10,16,18H,6-9,11-13H2,1-2H3. The Hall–Kier alpha value is -0.860. The zero-order valence-corrected chi connectivity index (χ0v) is 12.3. The average Bonchev–Trinajstić information content (AvgIpc) is 3.01. The number of benzene rings is 1. The molecule has 104 valence electrons. The van der Waals surface area contributed by atoms with E-state index in [1.807, 2.05) is 0 Å². The van der Waals surface area contributed by atoms with E-state index in [-0.39, 0.29) is 0 Å². The highest BCUT2D eigenvalue weighted by atomic mass is 15.1. The molecule has 1 atom stereocenters. The lowest BCUT2D eigenvalue weighted by Crippen LogP contribution is -2.31. The third-order valence-corrected chi connectivity index (χ3v) is 5.03. The van der Waals surface area contributed by atoms with E-state index in [0.29, 0.717) is 5.41 Å². The molecule has 2 aliphatic rings. The molecule has 1 aliphatic carbocycles. The van der Waals surface area contributed by atoms with Crippen molar-refractivity contribution < 1.29 is 0 Å². The molecule has 0 amide bonds. The van der Waals surface area contributed by atoms with Gasteiger partial charge in [-0.3, -0.25) is 0 Å². The largest absolute Gasteiger partial charge is 0.317 e. The fourth-order valence-electron chi connectivity index (χ4n) is 3.79. The first-order valence-electron chi connectivity index (χ1n) is 7.63. The van der Waals surface area contributed by atoms with Crippen molar-refractivity contribution in [1.29, 1.82) is 0 Å². The topological polar surface area (TPSA) is 15.3 Å². The normalized spacial score (nSPS) is 24.9. The van der Waals surface area contributed by atoms with Crippen molar-refractivity contribution >= 4 is 0 Å². The summed E-state index contributed by atoms with van der Waals surface area (Å²) in [4.78, 5) is 2.51. The molecule has 1 saturated heterocycles. The van der Waals surface area contributed by atoms with Gasteiger partial charge in [0.1, 0.15) is 0 Å². The molecule has 2 heteroatoms. The van der Waals surface area contributed by atoms with Crippen LogP contribution < -0.4 is 5.32 Å². The molecule has 1 spiro atoms. The molecule has 1 saturated carbocycles. The third kappa shape index (κ3) is 3.01. The Kier molecular flexibility index (Phi) is 3.64. The van der Waals surface area contributed by atoms with Gasteiger partial charge in [-0.2, -0.15) is 0 Å². The Labute approximate surface area is 117 Å². The lowest BCUT2D eigenvalue weighted by molar-refractivity contribution is 0.257. The minimum absolute atomic E-state index is 0.714. The number of rotatable bonds is 4. The minimum Gasteiger partial charge on any atom is -0.317 e. The van der Waals surface area contributed by atoms with Gasteiger partial charge in [-0.05, 0) is 63.2 Å². The minimum atomic E-state index is 0.714. The van der Waals surface area contributed by atoms with Crippen molar-refractivity contribution in [2.75, 3.05) is 26.7 Å². The summed E-state index contributed by atoms with van der Waals surface area (Å²) in [7, 11) is 2.27. The van der Waals surface area contributed by atoms with Crippen molar-refractivity contribution in [2.45, 2.75) is 32.7 Å². The first-order chi connectivity index (χ1) is 9.18. The maximum absolute atomic E-state index is 3.49. The van der Waals surface area contributed by atoms with Gasteiger partial charge in [-0.15, -0.1) is 0 Å². The highest BCUT2D eigenvalue weighted by Crippen LogP contribution is 2.58. The van der Waals surface area contributed by atoms with Gasteiger partial charge in [0.05, 0.1) is 0 Å². The quantitative estimate of drug-likeness (QED) is 0.893. The number of nitrogens with zero attached hydrogens (tertiary/aromatic N) is 1. The van der Waals surface area contributed by atoms with E-state index in [2.05, 4.69) is 48.5 Å². The molecule has 1 aromatic rings. The SMILES string of the molecule is Cc1cccc(CN(C)CC2CC23CCNCC3)c1. The summed E-state index contributed by atoms with van der Waals surface area (Å²) >= 11 is 0. The van der Waals surface area contributed by atoms with Crippen molar-refractivity contribution in [3.63, 3.8) is 0 Å². The number of piperidine rings is 1. The Morgan fingerprint density at radius 1 is 1.32 bits per heavy atom. The Balaban J connectivity index is 1.51. The van der Waals surface area contributed by atoms with Crippen LogP contribution in [0.25, 0.3) is 0 Å². The zero-order valence-electron chi connectivity index (χ0n) is 12.3. The van der Waals surface area contributed by atoms with Crippen LogP contribution in [0.5, 0.6) is 0 Å². The lowest BCUT2D eigenvalue weighted by atomic mass is 9.92. The fourth-order valence-corrected chi connectivity index (χ4v) is 3.79. The van der Waals surface area contributed by atoms with Crippen LogP contribution in [0.1, 0.15) is 30.4 Å². The summed E-state index contributed by atoms with van der Waals surface area (Å²) < 4.78 is 0. The van der Waals surface area contributed by atoms with Gasteiger partial charge in [0.2, 0.25) is 0 Å². The Bertz CT molecular complexity index is 435. The van der Waals surface area contributed by atoms with Crippen LogP contribution in [-0.2, 0) is 6.54 Å². The van der Waals surface area contributed by atoms with Crippen LogP contribution in [-0.4, -0.2) is 31.6 Å². The van der Waals surface area contributed by atoms with Gasteiger partial charge >= 0.3 is 0 Å². The molecule has 1 aromatic carbocycles. The summed E-state index contributed by atoms with van der Waals surface area (Å²) in [5, 5.41) is 3.49. The number of nitrogens with one attached hydrogen (secondary N) is 1. The lowest BCUT2D eigenvalue weighted by Gasteiger charge is -2.25. The first kappa shape index (κ1) is 13.1. The van der Waals surface area contributed by atoms with E-state index in [0.717, 1.165) is 12.5 Å². The maximum Gasteiger partial charge on any atom is 0.0230 e. The van der Waals surface area contributed by atoms with E-state index >= 15 is 0 Å². The molecule has 19 heavy (non-hydrogen) atoms. The summed E-state index contributed by atoms with van der Waals surface area (Å²) in [5.41, 5.74) is 3.53. The van der Waals surface area contributed by atoms with Gasteiger partial charge in [0, 0.05) is 13.1 Å². The van der Waals surface area contributed by atoms with E-state index < -0.39 is 0 Å². The van der Waals surface area contributed by atoms with E-state index in [1.54, 1.807) is 0 Å². The monoisotopic (exact) mass is 258 g/mol. The van der Waals surface area contributed by atoms with Crippen molar-refractivity contribution in [1.82, 2.24) is 10.2 Å². The van der Waals surface area contributed by atoms with Gasteiger partial charge < -0.3 is 10.2 Å². The Morgan fingerprint density at radius 3 is 2.84 bits per heavy atom. The van der Waals surface area contributed by atoms with Crippen LogP contribution in [0.3, 0.4) is 0 Å². The first-order valence-corrected chi connectivity index (χ1v) is 7.63. The molecule has 1 N–H and O–H groups in total. The summed E-state index contributed by atoms with van der Waals surface area (Å²) in [6, 6.07) is 8.90. The van der Waals surface area contributed by atoms with Gasteiger partial charge in [0.15, 0.2) is 0 Å². The van der Waals surface area contributed by atoms with Crippen LogP contribution >= 0.6 is 0 Å². The predicted molar refractivity (Wildman–Crippen MR) is 80.2 cm³/mol. The van der Waals surface area contributed by atoms with Gasteiger partial charge in [-0.25, -0.2) is 0 Å². The van der Waals surface area contributed by atoms with Crippen LogP contribution in [0.2, 0.25) is 0 Å². The zero-order chi connectivity index (χ0) is 13.3. The molecule has 0 aromatic heterocycles. The molecule has 1 unspecified atom stereocenters. The molecular weight excluding hydrogens is 232 g/mol. The van der Waals surface area contributed by atoms with Crippen LogP contribution in [0.4, 0.5) is 0 Å². The second-order valence-electron chi connectivity index (χ2n) is 6.70. The maximum atomic E-state index is 3.49. The summed E-state index contributed by atoms with van der Waals surface area (Å²) in [5.74, 6) is 0.949. The highest BCUT2D eigenvalue weighted by molar-refractivity contribution is 5.22. The molecule has 2 nitrogen and oxygen atoms in total. The average molecular weight is 258 g/mol. The third-order valence-electron chi connectivity index (χ3n) is 5.03. The molecule has 0 bridgehead atoms. The number of hydrogen-bond acceptors (Lipinski definition) is 2. The molecular formula is C17H26N2. The molecule has 3 rings (SSSR count).